The number of hydrogen-bond donors (Lipinski definition) is 2. The van der Waals surface area contributed by atoms with Crippen molar-refractivity contribution < 1.29 is 14.3 Å². The van der Waals surface area contributed by atoms with Crippen LogP contribution >= 0.6 is 11.6 Å². The highest BCUT2D eigenvalue weighted by atomic mass is 35.5. The van der Waals surface area contributed by atoms with E-state index >= 15 is 0 Å². The second-order valence-electron chi connectivity index (χ2n) is 7.11. The Morgan fingerprint density at radius 3 is 2.39 bits per heavy atom. The number of hydrogen-bond acceptors (Lipinski definition) is 3. The molecule has 31 heavy (non-hydrogen) atoms. The minimum absolute atomic E-state index is 0.174. The minimum atomic E-state index is -0.724. The molecule has 0 unspecified atom stereocenters. The maximum Gasteiger partial charge on any atom is 0.265 e. The number of ether oxygens (including phenoxy) is 1. The maximum atomic E-state index is 12.9. The number of nitrogens with one attached hydrogen (secondary N) is 2. The van der Waals surface area contributed by atoms with E-state index in [2.05, 4.69) is 10.6 Å². The predicted octanol–water partition coefficient (Wildman–Crippen LogP) is 5.63. The lowest BCUT2D eigenvalue weighted by Crippen LogP contribution is -2.34. The molecule has 0 heterocycles. The van der Waals surface area contributed by atoms with Crippen LogP contribution in [0.5, 0.6) is 5.75 Å². The molecule has 0 aliphatic carbocycles. The molecule has 0 aromatic heterocycles. The summed E-state index contributed by atoms with van der Waals surface area (Å²) in [4.78, 5) is 25.7. The van der Waals surface area contributed by atoms with Gasteiger partial charge in [-0.05, 0) is 49.2 Å². The molecule has 0 aliphatic rings. The quantitative estimate of drug-likeness (QED) is 0.481. The van der Waals surface area contributed by atoms with E-state index in [4.69, 9.17) is 16.3 Å². The summed E-state index contributed by atoms with van der Waals surface area (Å²) in [7, 11) is 0. The smallest absolute Gasteiger partial charge is 0.265 e. The van der Waals surface area contributed by atoms with Crippen molar-refractivity contribution in [2.24, 2.45) is 0 Å². The van der Waals surface area contributed by atoms with Gasteiger partial charge in [-0.15, -0.1) is 0 Å². The first-order chi connectivity index (χ1) is 15.0. The van der Waals surface area contributed by atoms with Crippen molar-refractivity contribution in [2.45, 2.75) is 32.4 Å². The van der Waals surface area contributed by atoms with Gasteiger partial charge in [-0.2, -0.15) is 0 Å². The van der Waals surface area contributed by atoms with Gasteiger partial charge in [-0.1, -0.05) is 67.1 Å². The van der Waals surface area contributed by atoms with E-state index in [1.807, 2.05) is 44.2 Å². The Kier molecular flexibility index (Phi) is 7.68. The van der Waals surface area contributed by atoms with Crippen molar-refractivity contribution in [2.75, 3.05) is 5.32 Å². The van der Waals surface area contributed by atoms with E-state index < -0.39 is 6.10 Å². The Morgan fingerprint density at radius 2 is 1.68 bits per heavy atom. The number of carbonyl (C=O) groups is 2. The second-order valence-corrected chi connectivity index (χ2v) is 7.55. The summed E-state index contributed by atoms with van der Waals surface area (Å²) in [6.07, 6.45) is -0.268. The topological polar surface area (TPSA) is 67.4 Å². The van der Waals surface area contributed by atoms with Crippen molar-refractivity contribution >= 4 is 29.1 Å². The van der Waals surface area contributed by atoms with Crippen molar-refractivity contribution in [3.63, 3.8) is 0 Å². The number of amides is 2. The molecular weight excluding hydrogens is 412 g/mol. The molecule has 3 aromatic rings. The number of carbonyl (C=O) groups excluding carboxylic acids is 2. The zero-order valence-electron chi connectivity index (χ0n) is 17.5. The number of para-hydroxylation sites is 1. The molecule has 0 aliphatic heterocycles. The number of halogens is 1. The van der Waals surface area contributed by atoms with Crippen LogP contribution < -0.4 is 15.4 Å². The molecule has 0 radical (unpaired) electrons. The predicted molar refractivity (Wildman–Crippen MR) is 124 cm³/mol. The Balaban J connectivity index is 1.71. The molecule has 0 spiro atoms. The average molecular weight is 437 g/mol. The normalized spacial score (nSPS) is 12.5. The SMILES string of the molecule is CC[C@H](Oc1cccc(Cl)c1)C(=O)Nc1ccccc1C(=O)N[C@H](C)c1ccccc1. The third-order valence-corrected chi connectivity index (χ3v) is 5.05. The first-order valence-electron chi connectivity index (χ1n) is 10.2. The Bertz CT molecular complexity index is 1040. The maximum absolute atomic E-state index is 12.9. The van der Waals surface area contributed by atoms with Gasteiger partial charge in [0.1, 0.15) is 5.75 Å². The molecule has 0 fully saturated rings. The van der Waals surface area contributed by atoms with Crippen LogP contribution in [0, 0.1) is 0 Å². The monoisotopic (exact) mass is 436 g/mol. The van der Waals surface area contributed by atoms with E-state index in [1.165, 1.54) is 0 Å². The van der Waals surface area contributed by atoms with Crippen molar-refractivity contribution in [1.29, 1.82) is 0 Å². The molecule has 5 nitrogen and oxygen atoms in total. The van der Waals surface area contributed by atoms with Gasteiger partial charge in [-0.25, -0.2) is 0 Å². The molecule has 6 heteroatoms. The van der Waals surface area contributed by atoms with Crippen molar-refractivity contribution in [3.05, 3.63) is 95.0 Å². The van der Waals surface area contributed by atoms with Crippen LogP contribution in [-0.2, 0) is 4.79 Å². The Hall–Kier alpha value is -3.31. The van der Waals surface area contributed by atoms with E-state index in [9.17, 15) is 9.59 Å². The lowest BCUT2D eigenvalue weighted by atomic mass is 10.1. The number of benzene rings is 3. The summed E-state index contributed by atoms with van der Waals surface area (Å²) in [5, 5.41) is 6.34. The third kappa shape index (κ3) is 6.09. The van der Waals surface area contributed by atoms with E-state index in [-0.39, 0.29) is 17.9 Å². The number of anilines is 1. The highest BCUT2D eigenvalue weighted by Crippen LogP contribution is 2.21. The van der Waals surface area contributed by atoms with E-state index in [1.54, 1.807) is 48.5 Å². The summed E-state index contributed by atoms with van der Waals surface area (Å²) in [5.41, 5.74) is 1.81. The van der Waals surface area contributed by atoms with Gasteiger partial charge in [0.2, 0.25) is 0 Å². The van der Waals surface area contributed by atoms with Gasteiger partial charge in [0.15, 0.2) is 6.10 Å². The standard InChI is InChI=1S/C25H25ClN2O3/c1-3-23(31-20-13-9-12-19(26)16-20)25(30)28-22-15-8-7-14-21(22)24(29)27-17(2)18-10-5-4-6-11-18/h4-17,23H,3H2,1-2H3,(H,27,29)(H,28,30)/t17-,23+/m1/s1. The first-order valence-corrected chi connectivity index (χ1v) is 10.5. The zero-order chi connectivity index (χ0) is 22.2. The second kappa shape index (κ2) is 10.6. The lowest BCUT2D eigenvalue weighted by Gasteiger charge is -2.19. The van der Waals surface area contributed by atoms with Gasteiger partial charge in [-0.3, -0.25) is 9.59 Å². The fourth-order valence-electron chi connectivity index (χ4n) is 3.13. The molecule has 3 aromatic carbocycles. The first kappa shape index (κ1) is 22.4. The highest BCUT2D eigenvalue weighted by molar-refractivity contribution is 6.30. The van der Waals surface area contributed by atoms with Gasteiger partial charge in [0, 0.05) is 5.02 Å². The van der Waals surface area contributed by atoms with Gasteiger partial charge in [0.05, 0.1) is 17.3 Å². The fraction of sp³-hybridized carbons (Fsp3) is 0.200. The van der Waals surface area contributed by atoms with Crippen molar-refractivity contribution in [3.8, 4) is 5.75 Å². The largest absolute Gasteiger partial charge is 0.481 e. The van der Waals surface area contributed by atoms with Gasteiger partial charge >= 0.3 is 0 Å². The Morgan fingerprint density at radius 1 is 0.968 bits per heavy atom. The summed E-state index contributed by atoms with van der Waals surface area (Å²) in [6.45, 7) is 3.77. The average Bonchev–Trinajstić information content (AvgIpc) is 2.78. The van der Waals surface area contributed by atoms with Gasteiger partial charge in [0.25, 0.3) is 11.8 Å². The molecule has 0 saturated heterocycles. The van der Waals surface area contributed by atoms with Crippen molar-refractivity contribution in [1.82, 2.24) is 5.32 Å². The molecule has 3 rings (SSSR count). The zero-order valence-corrected chi connectivity index (χ0v) is 18.2. The highest BCUT2D eigenvalue weighted by Gasteiger charge is 2.21. The van der Waals surface area contributed by atoms with E-state index in [0.717, 1.165) is 5.56 Å². The number of rotatable bonds is 8. The van der Waals surface area contributed by atoms with Crippen LogP contribution in [0.25, 0.3) is 0 Å². The summed E-state index contributed by atoms with van der Waals surface area (Å²) in [6, 6.07) is 23.3. The van der Waals surface area contributed by atoms with Crippen LogP contribution in [0.3, 0.4) is 0 Å². The lowest BCUT2D eigenvalue weighted by molar-refractivity contribution is -0.122. The summed E-state index contributed by atoms with van der Waals surface area (Å²) < 4.78 is 5.80. The molecule has 160 valence electrons. The fourth-order valence-corrected chi connectivity index (χ4v) is 3.31. The van der Waals surface area contributed by atoms with Crippen LogP contribution in [0.2, 0.25) is 5.02 Å². The molecule has 0 bridgehead atoms. The van der Waals surface area contributed by atoms with E-state index in [0.29, 0.717) is 28.4 Å². The molecule has 2 N–H and O–H groups in total. The molecule has 2 atom stereocenters. The summed E-state index contributed by atoms with van der Waals surface area (Å²) >= 11 is 6.00. The summed E-state index contributed by atoms with van der Waals surface area (Å²) in [5.74, 6) is -0.0906. The third-order valence-electron chi connectivity index (χ3n) is 4.81. The molecule has 2 amide bonds. The Labute approximate surface area is 187 Å². The molecular formula is C25H25ClN2O3. The van der Waals surface area contributed by atoms with Crippen LogP contribution in [0.1, 0.15) is 42.2 Å². The van der Waals surface area contributed by atoms with Crippen LogP contribution in [0.15, 0.2) is 78.9 Å². The van der Waals surface area contributed by atoms with Crippen LogP contribution in [0.4, 0.5) is 5.69 Å². The van der Waals surface area contributed by atoms with Gasteiger partial charge < -0.3 is 15.4 Å². The molecule has 0 saturated carbocycles. The minimum Gasteiger partial charge on any atom is -0.481 e. The van der Waals surface area contributed by atoms with Crippen LogP contribution in [-0.4, -0.2) is 17.9 Å².